The maximum Gasteiger partial charge on any atom is 0.371 e. The van der Waals surface area contributed by atoms with E-state index >= 15 is 0 Å². The van der Waals surface area contributed by atoms with Crippen LogP contribution in [0.25, 0.3) is 11.3 Å². The normalized spacial score (nSPS) is 19.3. The van der Waals surface area contributed by atoms with Gasteiger partial charge in [0, 0.05) is 37.8 Å². The van der Waals surface area contributed by atoms with E-state index in [1.165, 1.54) is 11.6 Å². The molecule has 2 atom stereocenters. The Kier molecular flexibility index (Phi) is 8.37. The fourth-order valence-electron chi connectivity index (χ4n) is 6.13. The topological polar surface area (TPSA) is 121 Å². The predicted molar refractivity (Wildman–Crippen MR) is 159 cm³/mol. The highest BCUT2D eigenvalue weighted by Gasteiger charge is 2.35. The van der Waals surface area contributed by atoms with Crippen molar-refractivity contribution >= 4 is 17.8 Å². The molecule has 0 aliphatic carbocycles. The average Bonchev–Trinajstić information content (AvgIpc) is 3.65. The zero-order chi connectivity index (χ0) is 29.8. The summed E-state index contributed by atoms with van der Waals surface area (Å²) in [5.74, 6) is -1.14. The quantitative estimate of drug-likeness (QED) is 0.319. The third-order valence-electron chi connectivity index (χ3n) is 8.28. The predicted octanol–water partition coefficient (Wildman–Crippen LogP) is 4.25. The van der Waals surface area contributed by atoms with Gasteiger partial charge in [-0.3, -0.25) is 9.59 Å². The largest absolute Gasteiger partial charge is 0.475 e. The minimum atomic E-state index is -1.15. The number of carbonyl (C=O) groups is 3. The van der Waals surface area contributed by atoms with Crippen molar-refractivity contribution in [2.45, 2.75) is 44.3 Å². The van der Waals surface area contributed by atoms with E-state index in [1.54, 1.807) is 17.3 Å². The molecule has 2 saturated heterocycles. The second-order valence-corrected chi connectivity index (χ2v) is 11.1. The Morgan fingerprint density at radius 3 is 2.49 bits per heavy atom. The number of carbonyl (C=O) groups excluding carboxylic acids is 2. The zero-order valence-electron chi connectivity index (χ0n) is 23.9. The summed E-state index contributed by atoms with van der Waals surface area (Å²) in [5.41, 5.74) is 2.96. The highest BCUT2D eigenvalue weighted by molar-refractivity contribution is 5.99. The number of nitrogens with one attached hydrogen (secondary N) is 1. The molecular formula is C33H35N5O5. The Morgan fingerprint density at radius 2 is 1.74 bits per heavy atom. The summed E-state index contributed by atoms with van der Waals surface area (Å²) in [6.45, 7) is 2.65. The van der Waals surface area contributed by atoms with Gasteiger partial charge in [-0.2, -0.15) is 0 Å². The molecule has 4 aromatic rings. The van der Waals surface area contributed by atoms with Crippen LogP contribution >= 0.6 is 0 Å². The minimum absolute atomic E-state index is 0.0311. The third-order valence-corrected chi connectivity index (χ3v) is 8.28. The molecule has 0 radical (unpaired) electrons. The molecule has 0 bridgehead atoms. The highest BCUT2D eigenvalue weighted by Crippen LogP contribution is 2.33. The Hall–Kier alpha value is -4.70. The lowest BCUT2D eigenvalue weighted by atomic mass is 10.0. The van der Waals surface area contributed by atoms with Gasteiger partial charge in [0.15, 0.2) is 5.69 Å². The van der Waals surface area contributed by atoms with Gasteiger partial charge in [0.25, 0.3) is 5.91 Å². The van der Waals surface area contributed by atoms with Gasteiger partial charge in [0.2, 0.25) is 11.7 Å². The van der Waals surface area contributed by atoms with E-state index in [9.17, 15) is 19.5 Å². The maximum absolute atomic E-state index is 14.3. The summed E-state index contributed by atoms with van der Waals surface area (Å²) in [5, 5.41) is 12.7. The van der Waals surface area contributed by atoms with Crippen LogP contribution in [-0.4, -0.2) is 74.5 Å². The molecule has 43 heavy (non-hydrogen) atoms. The van der Waals surface area contributed by atoms with E-state index in [1.807, 2.05) is 58.0 Å². The van der Waals surface area contributed by atoms with Crippen LogP contribution in [0.2, 0.25) is 0 Å². The molecule has 2 aromatic heterocycles. The van der Waals surface area contributed by atoms with E-state index in [0.717, 1.165) is 24.8 Å². The average molecular weight is 582 g/mol. The Balaban J connectivity index is 1.33. The first-order valence-corrected chi connectivity index (χ1v) is 14.8. The Labute approximate surface area is 249 Å². The van der Waals surface area contributed by atoms with Crippen LogP contribution in [0.4, 0.5) is 0 Å². The second-order valence-electron chi connectivity index (χ2n) is 11.1. The van der Waals surface area contributed by atoms with Crippen LogP contribution in [0.5, 0.6) is 0 Å². The van der Waals surface area contributed by atoms with Gasteiger partial charge in [0.05, 0.1) is 18.6 Å². The van der Waals surface area contributed by atoms with Crippen LogP contribution in [-0.2, 0) is 17.8 Å². The molecule has 2 N–H and O–H groups in total. The molecule has 10 heteroatoms. The number of furan rings is 1. The summed E-state index contributed by atoms with van der Waals surface area (Å²) >= 11 is 0. The fourth-order valence-corrected chi connectivity index (χ4v) is 6.13. The van der Waals surface area contributed by atoms with Gasteiger partial charge >= 0.3 is 5.97 Å². The van der Waals surface area contributed by atoms with E-state index in [2.05, 4.69) is 22.4 Å². The highest BCUT2D eigenvalue weighted by atomic mass is 16.4. The monoisotopic (exact) mass is 581 g/mol. The van der Waals surface area contributed by atoms with Gasteiger partial charge in [-0.1, -0.05) is 60.7 Å². The smallest absolute Gasteiger partial charge is 0.371 e. The van der Waals surface area contributed by atoms with E-state index < -0.39 is 12.0 Å². The number of hydrogen-bond acceptors (Lipinski definition) is 6. The molecule has 10 nitrogen and oxygen atoms in total. The molecule has 0 saturated carbocycles. The summed E-state index contributed by atoms with van der Waals surface area (Å²) < 4.78 is 7.32. The molecule has 222 valence electrons. The third kappa shape index (κ3) is 6.10. The number of aromatic nitrogens is 2. The van der Waals surface area contributed by atoms with Gasteiger partial charge in [0.1, 0.15) is 11.8 Å². The summed E-state index contributed by atoms with van der Waals surface area (Å²) in [4.78, 5) is 47.9. The molecule has 2 amide bonds. The second kappa shape index (κ2) is 12.7. The number of amides is 2. The number of imidazole rings is 1. The first-order chi connectivity index (χ1) is 21.0. The first-order valence-electron chi connectivity index (χ1n) is 14.8. The van der Waals surface area contributed by atoms with Crippen LogP contribution in [0.3, 0.4) is 0 Å². The lowest BCUT2D eigenvalue weighted by Crippen LogP contribution is -2.54. The summed E-state index contributed by atoms with van der Waals surface area (Å²) in [6.07, 6.45) is 4.58. The number of benzene rings is 2. The van der Waals surface area contributed by atoms with Crippen molar-refractivity contribution in [3.63, 3.8) is 0 Å². The van der Waals surface area contributed by atoms with Crippen LogP contribution in [0, 0.1) is 0 Å². The molecule has 1 unspecified atom stereocenters. The van der Waals surface area contributed by atoms with Gasteiger partial charge in [-0.05, 0) is 43.4 Å². The number of carboxylic acids is 1. The number of piperazine rings is 1. The molecule has 2 aliphatic heterocycles. The number of likely N-dealkylation sites (tertiary alicyclic amines) is 1. The minimum Gasteiger partial charge on any atom is -0.475 e. The number of rotatable bonds is 8. The summed E-state index contributed by atoms with van der Waals surface area (Å²) in [7, 11) is 0. The van der Waals surface area contributed by atoms with Crippen LogP contribution < -0.4 is 5.32 Å². The molecule has 0 spiro atoms. The van der Waals surface area contributed by atoms with Crippen molar-refractivity contribution in [1.29, 1.82) is 0 Å². The Bertz CT molecular complexity index is 1580. The van der Waals surface area contributed by atoms with Gasteiger partial charge in [-0.25, -0.2) is 9.78 Å². The van der Waals surface area contributed by atoms with Crippen molar-refractivity contribution in [3.05, 3.63) is 102 Å². The van der Waals surface area contributed by atoms with Crippen molar-refractivity contribution in [3.8, 4) is 11.3 Å². The number of carboxylic acid groups (broad SMARTS) is 1. The summed E-state index contributed by atoms with van der Waals surface area (Å²) in [6, 6.07) is 22.2. The van der Waals surface area contributed by atoms with Crippen LogP contribution in [0.1, 0.15) is 57.7 Å². The standard InChI is InChI=1S/C33H35N5O5/c39-31-27(13-7-8-17-36(31)21-26-14-15-28(43-26)33(41)42)38-22-35-29(30(38)24-11-5-2-6-12-24)32(40)37-18-16-34-20-25(37)19-23-9-3-1-4-10-23/h1-6,9-12,14-15,22,25,27,34H,7-8,13,16-21H2,(H,41,42)/t25-,27?/m1/s1. The molecule has 2 aromatic carbocycles. The molecular weight excluding hydrogens is 546 g/mol. The lowest BCUT2D eigenvalue weighted by Gasteiger charge is -2.36. The number of hydrogen-bond donors (Lipinski definition) is 2. The van der Waals surface area contributed by atoms with E-state index in [-0.39, 0.29) is 30.2 Å². The van der Waals surface area contributed by atoms with E-state index in [4.69, 9.17) is 4.42 Å². The first kappa shape index (κ1) is 28.4. The molecule has 2 aliphatic rings. The van der Waals surface area contributed by atoms with Gasteiger partial charge in [-0.15, -0.1) is 0 Å². The van der Waals surface area contributed by atoms with Crippen LogP contribution in [0.15, 0.2) is 83.5 Å². The van der Waals surface area contributed by atoms with Crippen molar-refractivity contribution in [1.82, 2.24) is 24.7 Å². The SMILES string of the molecule is O=C(O)c1ccc(CN2CCCCC(n3cnc(C(=O)N4CCNC[C@H]4Cc4ccccc4)c3-c3ccccc3)C2=O)o1. The lowest BCUT2D eigenvalue weighted by molar-refractivity contribution is -0.135. The van der Waals surface area contributed by atoms with Crippen molar-refractivity contribution in [2.75, 3.05) is 26.2 Å². The molecule has 6 rings (SSSR count). The van der Waals surface area contributed by atoms with Crippen molar-refractivity contribution < 1.29 is 23.9 Å². The number of nitrogens with zero attached hydrogens (tertiary/aromatic N) is 4. The van der Waals surface area contributed by atoms with E-state index in [0.29, 0.717) is 49.7 Å². The van der Waals surface area contributed by atoms with Crippen molar-refractivity contribution in [2.24, 2.45) is 0 Å². The maximum atomic E-state index is 14.3. The fraction of sp³-hybridized carbons (Fsp3) is 0.333. The number of aromatic carboxylic acids is 1. The Morgan fingerprint density at radius 1 is 0.977 bits per heavy atom. The van der Waals surface area contributed by atoms with Gasteiger partial charge < -0.3 is 29.2 Å². The molecule has 4 heterocycles. The molecule has 2 fully saturated rings. The zero-order valence-corrected chi connectivity index (χ0v) is 23.9.